The standard InChI is InChI=1S/C19H14FNO2S2/c1-2-10-23-14-7-5-6-13(11-14)12-17-18(22)21(19(24)25-17)16-9-4-3-8-15(16)20/h2-9,11-12H,1,10H2/b17-12-. The molecule has 25 heavy (non-hydrogen) atoms. The SMILES string of the molecule is C=CCOc1cccc(/C=C2\SC(=S)N(c3ccccc3F)C2=O)c1. The zero-order valence-corrected chi connectivity index (χ0v) is 14.8. The monoisotopic (exact) mass is 371 g/mol. The molecular formula is C19H14FNO2S2. The summed E-state index contributed by atoms with van der Waals surface area (Å²) in [5.74, 6) is -0.143. The summed E-state index contributed by atoms with van der Waals surface area (Å²) < 4.78 is 19.8. The van der Waals surface area contributed by atoms with Gasteiger partial charge < -0.3 is 4.74 Å². The van der Waals surface area contributed by atoms with Crippen molar-refractivity contribution in [3.8, 4) is 5.75 Å². The molecule has 2 aromatic carbocycles. The Balaban J connectivity index is 1.88. The number of thioether (sulfide) groups is 1. The predicted octanol–water partition coefficient (Wildman–Crippen LogP) is 4.80. The molecule has 126 valence electrons. The summed E-state index contributed by atoms with van der Waals surface area (Å²) in [6.45, 7) is 4.01. The molecule has 0 saturated carbocycles. The minimum atomic E-state index is -0.486. The highest BCUT2D eigenvalue weighted by Crippen LogP contribution is 2.37. The fourth-order valence-electron chi connectivity index (χ4n) is 2.31. The molecule has 1 aliphatic heterocycles. The van der Waals surface area contributed by atoms with E-state index in [-0.39, 0.29) is 11.6 Å². The lowest BCUT2D eigenvalue weighted by Crippen LogP contribution is -2.28. The number of thiocarbonyl (C=S) groups is 1. The molecule has 2 aromatic rings. The lowest BCUT2D eigenvalue weighted by molar-refractivity contribution is -0.113. The first-order chi connectivity index (χ1) is 12.1. The molecule has 1 aliphatic rings. The quantitative estimate of drug-likeness (QED) is 0.429. The normalized spacial score (nSPS) is 15.7. The van der Waals surface area contributed by atoms with Gasteiger partial charge >= 0.3 is 0 Å². The summed E-state index contributed by atoms with van der Waals surface area (Å²) in [4.78, 5) is 14.3. The lowest BCUT2D eigenvalue weighted by Gasteiger charge is -2.14. The summed E-state index contributed by atoms with van der Waals surface area (Å²) in [7, 11) is 0. The molecule has 0 unspecified atom stereocenters. The van der Waals surface area contributed by atoms with Crippen LogP contribution in [0.3, 0.4) is 0 Å². The van der Waals surface area contributed by atoms with E-state index in [1.54, 1.807) is 24.3 Å². The van der Waals surface area contributed by atoms with Crippen molar-refractivity contribution in [1.29, 1.82) is 0 Å². The maximum Gasteiger partial charge on any atom is 0.270 e. The molecule has 6 heteroatoms. The molecule has 1 fully saturated rings. The molecule has 0 aromatic heterocycles. The van der Waals surface area contributed by atoms with Gasteiger partial charge in [0, 0.05) is 0 Å². The number of ether oxygens (including phenoxy) is 1. The third-order valence-corrected chi connectivity index (χ3v) is 4.71. The Hall–Kier alpha value is -2.44. The maximum atomic E-state index is 14.0. The van der Waals surface area contributed by atoms with Crippen molar-refractivity contribution in [3.63, 3.8) is 0 Å². The average Bonchev–Trinajstić information content (AvgIpc) is 2.88. The van der Waals surface area contributed by atoms with E-state index in [0.29, 0.717) is 21.6 Å². The highest BCUT2D eigenvalue weighted by Gasteiger charge is 2.34. The van der Waals surface area contributed by atoms with Gasteiger partial charge in [-0.3, -0.25) is 9.69 Å². The fraction of sp³-hybridized carbons (Fsp3) is 0.0526. The second-order valence-electron chi connectivity index (χ2n) is 5.14. The summed E-state index contributed by atoms with van der Waals surface area (Å²) in [6, 6.07) is 13.4. The molecule has 1 amide bonds. The summed E-state index contributed by atoms with van der Waals surface area (Å²) in [5.41, 5.74) is 0.965. The van der Waals surface area contributed by atoms with E-state index in [0.717, 1.165) is 17.3 Å². The molecular weight excluding hydrogens is 357 g/mol. The number of para-hydroxylation sites is 1. The van der Waals surface area contributed by atoms with E-state index in [9.17, 15) is 9.18 Å². The molecule has 0 aliphatic carbocycles. The van der Waals surface area contributed by atoms with Gasteiger partial charge in [0.1, 0.15) is 18.2 Å². The van der Waals surface area contributed by atoms with E-state index in [2.05, 4.69) is 6.58 Å². The molecule has 1 heterocycles. The van der Waals surface area contributed by atoms with Gasteiger partial charge in [-0.1, -0.05) is 60.9 Å². The number of hydrogen-bond donors (Lipinski definition) is 0. The van der Waals surface area contributed by atoms with Crippen molar-refractivity contribution in [2.24, 2.45) is 0 Å². The van der Waals surface area contributed by atoms with Gasteiger partial charge in [-0.15, -0.1) is 0 Å². The first kappa shape index (κ1) is 17.4. The molecule has 0 spiro atoms. The predicted molar refractivity (Wildman–Crippen MR) is 104 cm³/mol. The zero-order valence-electron chi connectivity index (χ0n) is 13.1. The lowest BCUT2D eigenvalue weighted by atomic mass is 10.2. The van der Waals surface area contributed by atoms with Crippen LogP contribution in [-0.2, 0) is 4.79 Å². The number of amides is 1. The van der Waals surface area contributed by atoms with Crippen molar-refractivity contribution in [2.75, 3.05) is 11.5 Å². The van der Waals surface area contributed by atoms with Crippen LogP contribution < -0.4 is 9.64 Å². The van der Waals surface area contributed by atoms with Crippen LogP contribution in [0.2, 0.25) is 0 Å². The van der Waals surface area contributed by atoms with Gasteiger partial charge in [0.05, 0.1) is 10.6 Å². The molecule has 0 bridgehead atoms. The Morgan fingerprint density at radius 2 is 2.04 bits per heavy atom. The van der Waals surface area contributed by atoms with Crippen molar-refractivity contribution >= 4 is 46.0 Å². The van der Waals surface area contributed by atoms with Crippen molar-refractivity contribution < 1.29 is 13.9 Å². The molecule has 3 rings (SSSR count). The van der Waals surface area contributed by atoms with Crippen LogP contribution in [0.15, 0.2) is 66.1 Å². The Morgan fingerprint density at radius 1 is 1.24 bits per heavy atom. The molecule has 0 radical (unpaired) electrons. The van der Waals surface area contributed by atoms with Crippen LogP contribution >= 0.6 is 24.0 Å². The van der Waals surface area contributed by atoms with Gasteiger partial charge in [-0.25, -0.2) is 4.39 Å². The number of hydrogen-bond acceptors (Lipinski definition) is 4. The van der Waals surface area contributed by atoms with Gasteiger partial charge in [0.2, 0.25) is 0 Å². The molecule has 0 N–H and O–H groups in total. The number of carbonyl (C=O) groups is 1. The first-order valence-electron chi connectivity index (χ1n) is 7.46. The Labute approximate surface area is 154 Å². The number of anilines is 1. The van der Waals surface area contributed by atoms with E-state index in [1.807, 2.05) is 24.3 Å². The molecule has 0 atom stereocenters. The van der Waals surface area contributed by atoms with E-state index >= 15 is 0 Å². The Kier molecular flexibility index (Phi) is 5.31. The van der Waals surface area contributed by atoms with E-state index in [4.69, 9.17) is 17.0 Å². The van der Waals surface area contributed by atoms with Gasteiger partial charge in [0.25, 0.3) is 5.91 Å². The number of benzene rings is 2. The topological polar surface area (TPSA) is 29.5 Å². The van der Waals surface area contributed by atoms with Crippen LogP contribution in [0.5, 0.6) is 5.75 Å². The third-order valence-electron chi connectivity index (χ3n) is 3.41. The van der Waals surface area contributed by atoms with Crippen molar-refractivity contribution in [2.45, 2.75) is 0 Å². The van der Waals surface area contributed by atoms with E-state index < -0.39 is 5.82 Å². The largest absolute Gasteiger partial charge is 0.490 e. The van der Waals surface area contributed by atoms with Crippen LogP contribution in [0.1, 0.15) is 5.56 Å². The number of carbonyl (C=O) groups excluding carboxylic acids is 1. The smallest absolute Gasteiger partial charge is 0.270 e. The highest BCUT2D eigenvalue weighted by atomic mass is 32.2. The minimum Gasteiger partial charge on any atom is -0.490 e. The summed E-state index contributed by atoms with van der Waals surface area (Å²) in [6.07, 6.45) is 3.38. The van der Waals surface area contributed by atoms with Gasteiger partial charge in [-0.05, 0) is 35.9 Å². The second-order valence-corrected chi connectivity index (χ2v) is 6.82. The highest BCUT2D eigenvalue weighted by molar-refractivity contribution is 8.27. The minimum absolute atomic E-state index is 0.163. The van der Waals surface area contributed by atoms with Gasteiger partial charge in [0.15, 0.2) is 4.32 Å². The number of halogens is 1. The third kappa shape index (κ3) is 3.81. The zero-order chi connectivity index (χ0) is 17.8. The number of rotatable bonds is 5. The second kappa shape index (κ2) is 7.63. The van der Waals surface area contributed by atoms with Crippen LogP contribution in [0, 0.1) is 5.82 Å². The van der Waals surface area contributed by atoms with Crippen LogP contribution in [0.4, 0.5) is 10.1 Å². The summed E-state index contributed by atoms with van der Waals surface area (Å²) in [5, 5.41) is 0. The fourth-order valence-corrected chi connectivity index (χ4v) is 3.59. The Bertz CT molecular complexity index is 879. The first-order valence-corrected chi connectivity index (χ1v) is 8.69. The summed E-state index contributed by atoms with van der Waals surface area (Å²) >= 11 is 6.41. The molecule has 3 nitrogen and oxygen atoms in total. The molecule has 1 saturated heterocycles. The van der Waals surface area contributed by atoms with Crippen molar-refractivity contribution in [3.05, 3.63) is 77.5 Å². The van der Waals surface area contributed by atoms with Gasteiger partial charge in [-0.2, -0.15) is 0 Å². The van der Waals surface area contributed by atoms with Crippen LogP contribution in [0.25, 0.3) is 6.08 Å². The number of nitrogens with zero attached hydrogens (tertiary/aromatic N) is 1. The Morgan fingerprint density at radius 3 is 2.80 bits per heavy atom. The van der Waals surface area contributed by atoms with E-state index in [1.165, 1.54) is 17.0 Å². The van der Waals surface area contributed by atoms with Crippen molar-refractivity contribution in [1.82, 2.24) is 0 Å². The maximum absolute atomic E-state index is 14.0. The average molecular weight is 371 g/mol. The van der Waals surface area contributed by atoms with Crippen LogP contribution in [-0.4, -0.2) is 16.8 Å².